The maximum Gasteiger partial charge on any atom is 5.00 e. The van der Waals surface area contributed by atoms with E-state index in [4.69, 9.17) is 11.5 Å². The van der Waals surface area contributed by atoms with E-state index in [1.54, 1.807) is 6.07 Å². The fourth-order valence-electron chi connectivity index (χ4n) is 6.34. The van der Waals surface area contributed by atoms with Crippen LogP contribution in [-0.4, -0.2) is 22.9 Å². The minimum atomic E-state index is -0.580. The molecule has 1 fully saturated rings. The van der Waals surface area contributed by atoms with Crippen LogP contribution < -0.4 is 0 Å². The van der Waals surface area contributed by atoms with E-state index in [9.17, 15) is 0 Å². The minimum Gasteiger partial charge on any atom is -0.674 e. The molecule has 1 saturated heterocycles. The summed E-state index contributed by atoms with van der Waals surface area (Å²) < 4.78 is 0. The van der Waals surface area contributed by atoms with Crippen molar-refractivity contribution in [2.24, 2.45) is 0 Å². The maximum absolute atomic E-state index is 8.05. The molecule has 0 saturated carbocycles. The molecule has 2 N–H and O–H groups in total. The van der Waals surface area contributed by atoms with Gasteiger partial charge in [0, 0.05) is 12.1 Å². The van der Waals surface area contributed by atoms with Gasteiger partial charge in [-0.05, 0) is 59.6 Å². The normalized spacial score (nSPS) is 15.8. The zero-order valence-corrected chi connectivity index (χ0v) is 29.1. The van der Waals surface area contributed by atoms with Gasteiger partial charge in [0.1, 0.15) is 0 Å². The van der Waals surface area contributed by atoms with Gasteiger partial charge in [0.25, 0.3) is 0 Å². The monoisotopic (exact) mass is 705 g/mol. The Morgan fingerprint density at radius 1 is 0.574 bits per heavy atom. The summed E-state index contributed by atoms with van der Waals surface area (Å²) in [5.41, 5.74) is 20.5. The number of rotatable bonds is 7. The summed E-state index contributed by atoms with van der Waals surface area (Å²) in [5, 5.41) is 5.35. The first-order chi connectivity index (χ1) is 22.0. The number of nitrogens with one attached hydrogen (secondary N) is 2. The van der Waals surface area contributed by atoms with Crippen molar-refractivity contribution in [1.82, 2.24) is 9.80 Å². The van der Waals surface area contributed by atoms with Crippen molar-refractivity contribution < 1.29 is 19.5 Å². The van der Waals surface area contributed by atoms with Crippen molar-refractivity contribution in [2.75, 3.05) is 13.1 Å². The second kappa shape index (κ2) is 16.9. The molecule has 47 heavy (non-hydrogen) atoms. The molecule has 0 spiro atoms. The molecule has 0 unspecified atom stereocenters. The first kappa shape index (κ1) is 36.1. The summed E-state index contributed by atoms with van der Waals surface area (Å²) in [4.78, 5) is 4.98. The van der Waals surface area contributed by atoms with Gasteiger partial charge in [-0.1, -0.05) is 121 Å². The molecule has 0 bridgehead atoms. The molecule has 5 heteroatoms. The van der Waals surface area contributed by atoms with Crippen LogP contribution in [0.1, 0.15) is 60.3 Å². The summed E-state index contributed by atoms with van der Waals surface area (Å²) in [6, 6.07) is 50.2. The molecule has 6 aromatic carbocycles. The Labute approximate surface area is 294 Å². The molecule has 239 valence electrons. The van der Waals surface area contributed by atoms with E-state index in [0.717, 1.165) is 24.2 Å². The SMILES string of the molecule is C[C@H](c1cccc2ccccc12)N1[CH-]N([C@H](C)c2cccc3ccccc23)CC1.[CH3-].[NH-][C@H](c1[c-]cccc1)[C@H]([NH-])c1ccccc1.[Ru+5]. The molecule has 0 aliphatic carbocycles. The molecule has 0 amide bonds. The molecular weight excluding hydrogens is 662 g/mol. The average molecular weight is 705 g/mol. The van der Waals surface area contributed by atoms with Gasteiger partial charge in [-0.2, -0.15) is 35.9 Å². The van der Waals surface area contributed by atoms with E-state index in [0.29, 0.717) is 12.1 Å². The standard InChI is InChI=1S/C27H27N2.C14H13N2.CH3.Ru/c1-20(24-15-7-11-22-9-3-5-13-26(22)24)28-17-18-29(19-28)21(2)25-16-8-12-23-10-4-6-14-27(23)25;15-13(11-7-3-1-4-8-11)14(16)12-9-5-2-6-10-12;;/h3-16,19-21H,17-18H2,1-2H3;1-9,13-16H;1H3;/q-1;-3;-1;+5/t20-,21-;13-,14-;;/m11../s1. The fraction of sp³-hybridized carbons (Fsp3) is 0.190. The summed E-state index contributed by atoms with van der Waals surface area (Å²) in [6.07, 6.45) is 0. The molecule has 7 rings (SSSR count). The van der Waals surface area contributed by atoms with Crippen LogP contribution >= 0.6 is 0 Å². The number of fused-ring (bicyclic) bond motifs is 2. The van der Waals surface area contributed by atoms with E-state index < -0.39 is 12.1 Å². The molecular formula is C42H43N4Ru. The van der Waals surface area contributed by atoms with Gasteiger partial charge in [0.15, 0.2) is 0 Å². The minimum absolute atomic E-state index is 0. The predicted molar refractivity (Wildman–Crippen MR) is 195 cm³/mol. The van der Waals surface area contributed by atoms with Crippen molar-refractivity contribution in [2.45, 2.75) is 38.0 Å². The third-order valence-electron chi connectivity index (χ3n) is 9.02. The largest absolute Gasteiger partial charge is 5.00 e. The van der Waals surface area contributed by atoms with Gasteiger partial charge in [-0.3, -0.25) is 0 Å². The van der Waals surface area contributed by atoms with Gasteiger partial charge in [0.2, 0.25) is 0 Å². The van der Waals surface area contributed by atoms with Crippen molar-refractivity contribution in [1.29, 1.82) is 0 Å². The van der Waals surface area contributed by atoms with Gasteiger partial charge >= 0.3 is 19.5 Å². The van der Waals surface area contributed by atoms with Gasteiger partial charge in [-0.25, -0.2) is 6.67 Å². The number of hydrogen-bond donors (Lipinski definition) is 0. The van der Waals surface area contributed by atoms with E-state index in [-0.39, 0.29) is 26.9 Å². The first-order valence-electron chi connectivity index (χ1n) is 15.8. The quantitative estimate of drug-likeness (QED) is 0.123. The van der Waals surface area contributed by atoms with Crippen molar-refractivity contribution in [3.8, 4) is 0 Å². The van der Waals surface area contributed by atoms with Crippen LogP contribution in [0.3, 0.4) is 0 Å². The number of benzene rings is 6. The second-order valence-corrected chi connectivity index (χ2v) is 11.8. The smallest absolute Gasteiger partial charge is 0.674 e. The Hall–Kier alpha value is -3.70. The van der Waals surface area contributed by atoms with Gasteiger partial charge in [0.05, 0.1) is 0 Å². The summed E-state index contributed by atoms with van der Waals surface area (Å²) >= 11 is 0. The van der Waals surface area contributed by atoms with Crippen molar-refractivity contribution in [3.63, 3.8) is 0 Å². The van der Waals surface area contributed by atoms with Gasteiger partial charge in [-0.15, -0.1) is 12.1 Å². The van der Waals surface area contributed by atoms with E-state index in [2.05, 4.69) is 121 Å². The number of hydrogen-bond acceptors (Lipinski definition) is 2. The Morgan fingerprint density at radius 2 is 1.04 bits per heavy atom. The molecule has 1 heterocycles. The van der Waals surface area contributed by atoms with Crippen LogP contribution in [-0.2, 0) is 19.5 Å². The topological polar surface area (TPSA) is 54.1 Å². The molecule has 4 atom stereocenters. The summed E-state index contributed by atoms with van der Waals surface area (Å²) in [6.45, 7) is 9.10. The Bertz CT molecular complexity index is 1680. The summed E-state index contributed by atoms with van der Waals surface area (Å²) in [5.74, 6) is 0. The van der Waals surface area contributed by atoms with Crippen molar-refractivity contribution in [3.05, 3.63) is 193 Å². The van der Waals surface area contributed by atoms with Crippen LogP contribution in [0.25, 0.3) is 33.0 Å². The summed E-state index contributed by atoms with van der Waals surface area (Å²) in [7, 11) is 0. The molecule has 1 aliphatic heterocycles. The zero-order chi connectivity index (χ0) is 31.2. The Morgan fingerprint density at radius 3 is 1.55 bits per heavy atom. The fourth-order valence-corrected chi connectivity index (χ4v) is 6.34. The number of nitrogens with zero attached hydrogens (tertiary/aromatic N) is 2. The average Bonchev–Trinajstić information content (AvgIpc) is 3.61. The van der Waals surface area contributed by atoms with E-state index in [1.807, 2.05) is 48.5 Å². The van der Waals surface area contributed by atoms with E-state index >= 15 is 0 Å². The van der Waals surface area contributed by atoms with Crippen molar-refractivity contribution >= 4 is 21.5 Å². The van der Waals surface area contributed by atoms with Crippen LogP contribution in [0.2, 0.25) is 0 Å². The third-order valence-corrected chi connectivity index (χ3v) is 9.02. The molecule has 6 aromatic rings. The Balaban J connectivity index is 0.000000238. The van der Waals surface area contributed by atoms with E-state index in [1.165, 1.54) is 32.7 Å². The van der Waals surface area contributed by atoms with Crippen LogP contribution in [0.5, 0.6) is 0 Å². The molecule has 1 aliphatic rings. The molecule has 1 radical (unpaired) electrons. The Kier molecular flexibility index (Phi) is 13.0. The second-order valence-electron chi connectivity index (χ2n) is 11.8. The molecule has 4 nitrogen and oxygen atoms in total. The zero-order valence-electron chi connectivity index (χ0n) is 27.3. The first-order valence-corrected chi connectivity index (χ1v) is 15.8. The molecule has 0 aromatic heterocycles. The predicted octanol–water partition coefficient (Wildman–Crippen LogP) is 11.4. The van der Waals surface area contributed by atoms with Crippen LogP contribution in [0.4, 0.5) is 0 Å². The van der Waals surface area contributed by atoms with Crippen LogP contribution in [0, 0.1) is 20.2 Å². The van der Waals surface area contributed by atoms with Crippen LogP contribution in [0.15, 0.2) is 140 Å². The maximum atomic E-state index is 8.05. The third kappa shape index (κ3) is 8.24. The van der Waals surface area contributed by atoms with Gasteiger partial charge < -0.3 is 28.7 Å².